The smallest absolute Gasteiger partial charge is 0.309 e. The number of imide groups is 1. The van der Waals surface area contributed by atoms with Gasteiger partial charge in [0.2, 0.25) is 11.8 Å². The molecule has 0 radical (unpaired) electrons. The summed E-state index contributed by atoms with van der Waals surface area (Å²) < 4.78 is 20.5. The molecular weight excluding hydrogens is 461 g/mol. The summed E-state index contributed by atoms with van der Waals surface area (Å²) in [4.78, 5) is 38.1. The van der Waals surface area contributed by atoms with Gasteiger partial charge in [0.25, 0.3) is 0 Å². The van der Waals surface area contributed by atoms with E-state index in [1.807, 2.05) is 32.9 Å². The van der Waals surface area contributed by atoms with E-state index in [0.29, 0.717) is 18.0 Å². The highest BCUT2D eigenvalue weighted by atomic mass is 19.1. The average molecular weight is 502 g/mol. The van der Waals surface area contributed by atoms with Gasteiger partial charge in [0.1, 0.15) is 17.5 Å². The standard InChI is InChI=1S/C28H40FN3O4/c1-28(2,3)36-27(35)20-6-4-18(5-7-20)17-32-14-12-19(13-15-32)22-9-8-21(16-23(22)29)30-24-10-11-25(33)31-26(24)34/h8-9,16,18-20,24,30H,4-7,10-15,17H2,1-3H3,(H,31,33,34). The molecule has 3 fully saturated rings. The number of piperidine rings is 2. The van der Waals surface area contributed by atoms with Crippen molar-refractivity contribution in [3.8, 4) is 0 Å². The molecule has 0 aromatic heterocycles. The van der Waals surface area contributed by atoms with Crippen LogP contribution in [0.2, 0.25) is 0 Å². The minimum Gasteiger partial charge on any atom is -0.460 e. The molecule has 2 N–H and O–H groups in total. The van der Waals surface area contributed by atoms with Crippen molar-refractivity contribution in [3.05, 3.63) is 29.6 Å². The zero-order valence-electron chi connectivity index (χ0n) is 21.8. The van der Waals surface area contributed by atoms with Gasteiger partial charge in [-0.25, -0.2) is 4.39 Å². The van der Waals surface area contributed by atoms with Crippen molar-refractivity contribution >= 4 is 23.5 Å². The maximum atomic E-state index is 15.0. The van der Waals surface area contributed by atoms with Crippen molar-refractivity contribution in [3.63, 3.8) is 0 Å². The molecular formula is C28H40FN3O4. The summed E-state index contributed by atoms with van der Waals surface area (Å²) in [6.45, 7) is 8.69. The monoisotopic (exact) mass is 501 g/mol. The lowest BCUT2D eigenvalue weighted by molar-refractivity contribution is -0.161. The number of benzene rings is 1. The van der Waals surface area contributed by atoms with Crippen LogP contribution in [0.5, 0.6) is 0 Å². The maximum Gasteiger partial charge on any atom is 0.309 e. The molecule has 36 heavy (non-hydrogen) atoms. The van der Waals surface area contributed by atoms with Crippen LogP contribution in [-0.2, 0) is 19.1 Å². The third kappa shape index (κ3) is 7.05. The third-order valence-electron chi connectivity index (χ3n) is 7.71. The van der Waals surface area contributed by atoms with Crippen molar-refractivity contribution in [2.45, 2.75) is 89.7 Å². The summed E-state index contributed by atoms with van der Waals surface area (Å²) in [5.74, 6) is -0.0979. The van der Waals surface area contributed by atoms with Crippen molar-refractivity contribution < 1.29 is 23.5 Å². The zero-order chi connectivity index (χ0) is 25.9. The molecule has 2 saturated heterocycles. The van der Waals surface area contributed by atoms with E-state index in [4.69, 9.17) is 4.74 Å². The Labute approximate surface area is 213 Å². The quantitative estimate of drug-likeness (QED) is 0.445. The van der Waals surface area contributed by atoms with Gasteiger partial charge in [-0.1, -0.05) is 6.07 Å². The number of carbonyl (C=O) groups is 3. The summed E-state index contributed by atoms with van der Waals surface area (Å²) in [5, 5.41) is 5.37. The molecule has 1 saturated carbocycles. The lowest BCUT2D eigenvalue weighted by atomic mass is 9.81. The Kier molecular flexibility index (Phi) is 8.33. The molecule has 7 nitrogen and oxygen atoms in total. The SMILES string of the molecule is CC(C)(C)OC(=O)C1CCC(CN2CCC(c3ccc(NC4CCC(=O)NC4=O)cc3F)CC2)CC1. The van der Waals surface area contributed by atoms with Crippen LogP contribution >= 0.6 is 0 Å². The van der Waals surface area contributed by atoms with E-state index < -0.39 is 11.6 Å². The second-order valence-corrected chi connectivity index (χ2v) is 11.7. The molecule has 1 aromatic carbocycles. The number of likely N-dealkylation sites (tertiary alicyclic amines) is 1. The van der Waals surface area contributed by atoms with Crippen molar-refractivity contribution in [2.75, 3.05) is 25.0 Å². The number of hydrogen-bond acceptors (Lipinski definition) is 6. The Hall–Kier alpha value is -2.48. The fourth-order valence-corrected chi connectivity index (χ4v) is 5.74. The van der Waals surface area contributed by atoms with Crippen molar-refractivity contribution in [1.82, 2.24) is 10.2 Å². The predicted molar refractivity (Wildman–Crippen MR) is 136 cm³/mol. The van der Waals surface area contributed by atoms with Crippen LogP contribution in [0, 0.1) is 17.7 Å². The number of rotatable bonds is 6. The molecule has 2 heterocycles. The fourth-order valence-electron chi connectivity index (χ4n) is 5.74. The van der Waals surface area contributed by atoms with Crippen LogP contribution < -0.4 is 10.6 Å². The predicted octanol–water partition coefficient (Wildman–Crippen LogP) is 4.37. The summed E-state index contributed by atoms with van der Waals surface area (Å²) in [5.41, 5.74) is 0.869. The molecule has 0 spiro atoms. The van der Waals surface area contributed by atoms with Gasteiger partial charge < -0.3 is 15.0 Å². The highest BCUT2D eigenvalue weighted by Gasteiger charge is 2.32. The van der Waals surface area contributed by atoms with Crippen LogP contribution in [0.3, 0.4) is 0 Å². The number of carbonyl (C=O) groups excluding carboxylic acids is 3. The van der Waals surface area contributed by atoms with E-state index in [9.17, 15) is 18.8 Å². The highest BCUT2D eigenvalue weighted by Crippen LogP contribution is 2.34. The number of amides is 2. The number of hydrogen-bond donors (Lipinski definition) is 2. The Morgan fingerprint density at radius 2 is 1.78 bits per heavy atom. The van der Waals surface area contributed by atoms with E-state index in [-0.39, 0.29) is 41.9 Å². The highest BCUT2D eigenvalue weighted by molar-refractivity contribution is 6.01. The van der Waals surface area contributed by atoms with Gasteiger partial charge in [0.15, 0.2) is 0 Å². The number of nitrogens with one attached hydrogen (secondary N) is 2. The van der Waals surface area contributed by atoms with E-state index in [2.05, 4.69) is 15.5 Å². The lowest BCUT2D eigenvalue weighted by Crippen LogP contribution is -2.47. The molecule has 1 atom stereocenters. The van der Waals surface area contributed by atoms with E-state index in [1.54, 1.807) is 0 Å². The Bertz CT molecular complexity index is 960. The first kappa shape index (κ1) is 26.6. The Morgan fingerprint density at radius 3 is 2.39 bits per heavy atom. The number of ether oxygens (including phenoxy) is 1. The minimum absolute atomic E-state index is 0.0293. The maximum absolute atomic E-state index is 15.0. The molecule has 2 aliphatic heterocycles. The Morgan fingerprint density at radius 1 is 1.08 bits per heavy atom. The van der Waals surface area contributed by atoms with Crippen LogP contribution in [0.15, 0.2) is 18.2 Å². The topological polar surface area (TPSA) is 87.7 Å². The summed E-state index contributed by atoms with van der Waals surface area (Å²) in [6, 6.07) is 4.61. The molecule has 198 valence electrons. The van der Waals surface area contributed by atoms with Gasteiger partial charge in [0, 0.05) is 18.7 Å². The van der Waals surface area contributed by atoms with Crippen LogP contribution in [-0.4, -0.2) is 54.0 Å². The van der Waals surface area contributed by atoms with Gasteiger partial charge in [-0.15, -0.1) is 0 Å². The van der Waals surface area contributed by atoms with Crippen molar-refractivity contribution in [1.29, 1.82) is 0 Å². The summed E-state index contributed by atoms with van der Waals surface area (Å²) in [7, 11) is 0. The summed E-state index contributed by atoms with van der Waals surface area (Å²) in [6.07, 6.45) is 6.46. The van der Waals surface area contributed by atoms with Crippen LogP contribution in [0.1, 0.15) is 83.6 Å². The summed E-state index contributed by atoms with van der Waals surface area (Å²) >= 11 is 0. The number of halogens is 1. The first-order chi connectivity index (χ1) is 17.1. The molecule has 1 aliphatic carbocycles. The second-order valence-electron chi connectivity index (χ2n) is 11.7. The van der Waals surface area contributed by atoms with Gasteiger partial charge in [-0.2, -0.15) is 0 Å². The van der Waals surface area contributed by atoms with Crippen LogP contribution in [0.25, 0.3) is 0 Å². The first-order valence-corrected chi connectivity index (χ1v) is 13.4. The van der Waals surface area contributed by atoms with E-state index in [1.165, 1.54) is 6.07 Å². The van der Waals surface area contributed by atoms with Crippen LogP contribution in [0.4, 0.5) is 10.1 Å². The third-order valence-corrected chi connectivity index (χ3v) is 7.71. The van der Waals surface area contributed by atoms with Gasteiger partial charge in [-0.05, 0) is 108 Å². The largest absolute Gasteiger partial charge is 0.460 e. The molecule has 1 unspecified atom stereocenters. The zero-order valence-corrected chi connectivity index (χ0v) is 21.8. The minimum atomic E-state index is -0.518. The molecule has 4 rings (SSSR count). The fraction of sp³-hybridized carbons (Fsp3) is 0.679. The van der Waals surface area contributed by atoms with Gasteiger partial charge in [0.05, 0.1) is 5.92 Å². The molecule has 1 aromatic rings. The number of nitrogens with zero attached hydrogens (tertiary/aromatic N) is 1. The van der Waals surface area contributed by atoms with E-state index >= 15 is 0 Å². The van der Waals surface area contributed by atoms with Crippen molar-refractivity contribution in [2.24, 2.45) is 11.8 Å². The van der Waals surface area contributed by atoms with Gasteiger partial charge in [-0.3, -0.25) is 19.7 Å². The first-order valence-electron chi connectivity index (χ1n) is 13.4. The van der Waals surface area contributed by atoms with E-state index in [0.717, 1.165) is 63.7 Å². The van der Waals surface area contributed by atoms with Gasteiger partial charge >= 0.3 is 5.97 Å². The number of anilines is 1. The molecule has 3 aliphatic rings. The molecule has 2 amide bonds. The normalized spacial score (nSPS) is 26.4. The number of esters is 1. The molecule has 0 bridgehead atoms. The Balaban J connectivity index is 1.21. The molecule has 8 heteroatoms. The average Bonchev–Trinajstić information content (AvgIpc) is 2.81. The lowest BCUT2D eigenvalue weighted by Gasteiger charge is -2.37. The second kappa shape index (κ2) is 11.3.